The van der Waals surface area contributed by atoms with Gasteiger partial charge in [-0.2, -0.15) is 26.7 Å². The molecule has 12 nitrogen and oxygen atoms in total. The van der Waals surface area contributed by atoms with E-state index in [1.54, 1.807) is 6.20 Å². The molecule has 5 heterocycles. The van der Waals surface area contributed by atoms with Crippen LogP contribution in [0.3, 0.4) is 0 Å². The number of hydrogen-bond donors (Lipinski definition) is 3. The van der Waals surface area contributed by atoms with Crippen molar-refractivity contribution in [2.75, 3.05) is 36.0 Å². The number of hydrogen-bond acceptors (Lipinski definition) is 9. The van der Waals surface area contributed by atoms with Crippen LogP contribution in [0.2, 0.25) is 0 Å². The molecule has 3 N–H and O–H groups in total. The van der Waals surface area contributed by atoms with E-state index in [9.17, 15) is 31.2 Å². The van der Waals surface area contributed by atoms with Gasteiger partial charge in [0.1, 0.15) is 11.6 Å². The zero-order chi connectivity index (χ0) is 31.5. The summed E-state index contributed by atoms with van der Waals surface area (Å²) in [5.74, 6) is -0.655. The molecule has 2 unspecified atom stereocenters. The highest BCUT2D eigenvalue weighted by Gasteiger charge is 2.62. The summed E-state index contributed by atoms with van der Waals surface area (Å²) in [6.07, 6.45) is -0.692. The molecule has 2 aromatic heterocycles. The Kier molecular flexibility index (Phi) is 7.68. The average molecular weight is 639 g/mol. The van der Waals surface area contributed by atoms with Crippen molar-refractivity contribution in [2.45, 2.75) is 87.7 Å². The highest BCUT2D eigenvalue weighted by molar-refractivity contribution is 7.90. The smallest absolute Gasteiger partial charge is 0.349 e. The van der Waals surface area contributed by atoms with Gasteiger partial charge in [0.15, 0.2) is 5.03 Å². The number of fused-ring (bicyclic) bond motifs is 6. The van der Waals surface area contributed by atoms with Crippen LogP contribution in [0.4, 0.5) is 24.8 Å². The summed E-state index contributed by atoms with van der Waals surface area (Å²) >= 11 is 0. The molecule has 3 aliphatic heterocycles. The Morgan fingerprint density at radius 2 is 1.91 bits per heavy atom. The van der Waals surface area contributed by atoms with Crippen LogP contribution in [-0.4, -0.2) is 85.0 Å². The minimum atomic E-state index is -4.27. The number of amides is 2. The molecule has 2 aromatic rings. The summed E-state index contributed by atoms with van der Waals surface area (Å²) in [5.41, 5.74) is -2.07. The van der Waals surface area contributed by atoms with Crippen LogP contribution in [0.1, 0.15) is 62.7 Å². The summed E-state index contributed by atoms with van der Waals surface area (Å²) in [7, 11) is -4.27. The van der Waals surface area contributed by atoms with E-state index >= 15 is 0 Å². The van der Waals surface area contributed by atoms with Crippen molar-refractivity contribution in [1.29, 1.82) is 0 Å². The number of nitrogens with one attached hydrogen (secondary N) is 3. The quantitative estimate of drug-likeness (QED) is 0.450. The second-order valence-corrected chi connectivity index (χ2v) is 14.5. The maximum atomic E-state index is 13.5. The Hall–Kier alpha value is -3.24. The zero-order valence-corrected chi connectivity index (χ0v) is 25.5. The highest BCUT2D eigenvalue weighted by atomic mass is 32.2. The lowest BCUT2D eigenvalue weighted by atomic mass is 9.99. The molecule has 3 fully saturated rings. The fourth-order valence-corrected chi connectivity index (χ4v) is 7.43. The monoisotopic (exact) mass is 638 g/mol. The SMILES string of the molecule is CC1(C)CC2CN1c1nc(N3CCC(NCCC4(C(F)(F)F)CC4)C3=O)ccc1C(=O)NS(=O)(=O)c1ccn(n1)CCCN2. The summed E-state index contributed by atoms with van der Waals surface area (Å²) in [5, 5.41) is 10.4. The summed E-state index contributed by atoms with van der Waals surface area (Å²) in [4.78, 5) is 35.1. The molecule has 4 bridgehead atoms. The minimum absolute atomic E-state index is 0.0311. The molecule has 2 atom stereocenters. The summed E-state index contributed by atoms with van der Waals surface area (Å²) in [6, 6.07) is 3.72. The lowest BCUT2D eigenvalue weighted by Crippen LogP contribution is -2.42. The van der Waals surface area contributed by atoms with Gasteiger partial charge in [-0.15, -0.1) is 0 Å². The van der Waals surface area contributed by atoms with Gasteiger partial charge in [0.05, 0.1) is 17.0 Å². The number of alkyl halides is 3. The lowest BCUT2D eigenvalue weighted by molar-refractivity contribution is -0.188. The maximum Gasteiger partial charge on any atom is 0.394 e. The first-order valence-corrected chi connectivity index (χ1v) is 16.4. The second kappa shape index (κ2) is 11.0. The maximum absolute atomic E-state index is 13.5. The third-order valence-corrected chi connectivity index (χ3v) is 10.5. The van der Waals surface area contributed by atoms with E-state index in [4.69, 9.17) is 4.98 Å². The molecule has 16 heteroatoms. The molecule has 2 amide bonds. The van der Waals surface area contributed by atoms with Crippen molar-refractivity contribution in [3.05, 3.63) is 30.0 Å². The van der Waals surface area contributed by atoms with Crippen molar-refractivity contribution in [3.63, 3.8) is 0 Å². The van der Waals surface area contributed by atoms with E-state index in [1.807, 2.05) is 18.7 Å². The van der Waals surface area contributed by atoms with Gasteiger partial charge in [0.2, 0.25) is 5.91 Å². The van der Waals surface area contributed by atoms with Gasteiger partial charge in [-0.3, -0.25) is 19.2 Å². The Bertz CT molecular complexity index is 1560. The van der Waals surface area contributed by atoms with Crippen LogP contribution in [-0.2, 0) is 21.4 Å². The van der Waals surface area contributed by atoms with E-state index in [0.717, 1.165) is 6.42 Å². The first-order chi connectivity index (χ1) is 20.7. The third kappa shape index (κ3) is 5.78. The second-order valence-electron chi connectivity index (χ2n) is 12.8. The summed E-state index contributed by atoms with van der Waals surface area (Å²) in [6.45, 7) is 6.08. The van der Waals surface area contributed by atoms with E-state index in [2.05, 4.69) is 20.5 Å². The Morgan fingerprint density at radius 1 is 1.14 bits per heavy atom. The lowest BCUT2D eigenvalue weighted by Gasteiger charge is -2.34. The predicted octanol–water partition coefficient (Wildman–Crippen LogP) is 2.17. The van der Waals surface area contributed by atoms with Crippen LogP contribution in [0.15, 0.2) is 29.4 Å². The number of sulfonamides is 1. The van der Waals surface area contributed by atoms with Gasteiger partial charge in [-0.05, 0) is 83.7 Å². The molecule has 1 saturated carbocycles. The van der Waals surface area contributed by atoms with Crippen LogP contribution in [0.5, 0.6) is 0 Å². The Morgan fingerprint density at radius 3 is 2.64 bits per heavy atom. The standard InChI is InChI=1S/C28H37F3N8O4S/c1-26(2)16-18-17-39(26)23-19(24(40)36-44(42,43)22-7-14-37(35-22)13-3-11-32-18)4-5-21(34-23)38-15-6-20(25(38)41)33-12-10-27(8-9-27)28(29,30)31/h4-5,7,14,18,20,32-33H,3,6,8-13,15-17H2,1-2H3,(H,36,40). The number of halogens is 3. The summed E-state index contributed by atoms with van der Waals surface area (Å²) < 4.78 is 69.8. The van der Waals surface area contributed by atoms with Crippen LogP contribution in [0, 0.1) is 5.41 Å². The van der Waals surface area contributed by atoms with Gasteiger partial charge < -0.3 is 15.5 Å². The molecular formula is C28H37F3N8O4S. The molecule has 240 valence electrons. The number of carbonyl (C=O) groups excluding carboxylic acids is 2. The number of pyridine rings is 1. The molecule has 2 saturated heterocycles. The minimum Gasteiger partial charge on any atom is -0.349 e. The molecule has 44 heavy (non-hydrogen) atoms. The number of rotatable bonds is 5. The fraction of sp³-hybridized carbons (Fsp3) is 0.643. The van der Waals surface area contributed by atoms with Crippen LogP contribution >= 0.6 is 0 Å². The van der Waals surface area contributed by atoms with E-state index in [1.165, 1.54) is 27.8 Å². The Balaban J connectivity index is 1.26. The van der Waals surface area contributed by atoms with E-state index < -0.39 is 39.1 Å². The fourth-order valence-electron chi connectivity index (χ4n) is 6.52. The third-order valence-electron chi connectivity index (χ3n) is 9.29. The van der Waals surface area contributed by atoms with Gasteiger partial charge in [-0.1, -0.05) is 0 Å². The largest absolute Gasteiger partial charge is 0.394 e. The first-order valence-electron chi connectivity index (χ1n) is 14.9. The zero-order valence-electron chi connectivity index (χ0n) is 24.7. The van der Waals surface area contributed by atoms with Crippen molar-refractivity contribution in [1.82, 2.24) is 30.1 Å². The van der Waals surface area contributed by atoms with Crippen LogP contribution in [0.25, 0.3) is 0 Å². The first kappa shape index (κ1) is 30.8. The number of nitrogens with zero attached hydrogens (tertiary/aromatic N) is 5. The molecule has 0 aromatic carbocycles. The highest BCUT2D eigenvalue weighted by Crippen LogP contribution is 2.59. The van der Waals surface area contributed by atoms with Crippen molar-refractivity contribution >= 4 is 33.5 Å². The number of aryl methyl sites for hydroxylation is 1. The van der Waals surface area contributed by atoms with Gasteiger partial charge in [-0.25, -0.2) is 9.71 Å². The molecular weight excluding hydrogens is 601 g/mol. The number of aromatic nitrogens is 3. The number of carbonyl (C=O) groups is 2. The van der Waals surface area contributed by atoms with Gasteiger partial charge >= 0.3 is 6.18 Å². The van der Waals surface area contributed by atoms with Gasteiger partial charge in [0.25, 0.3) is 15.9 Å². The number of anilines is 2. The average Bonchev–Trinajstić information content (AvgIpc) is 3.27. The van der Waals surface area contributed by atoms with E-state index in [0.29, 0.717) is 39.0 Å². The normalized spacial score (nSPS) is 26.1. The topological polar surface area (TPSA) is 142 Å². The van der Waals surface area contributed by atoms with Crippen molar-refractivity contribution in [3.8, 4) is 0 Å². The van der Waals surface area contributed by atoms with Gasteiger partial charge in [0, 0.05) is 37.4 Å². The molecule has 0 spiro atoms. The molecule has 4 aliphatic rings. The van der Waals surface area contributed by atoms with Crippen molar-refractivity contribution < 1.29 is 31.2 Å². The molecule has 6 rings (SSSR count). The predicted molar refractivity (Wildman–Crippen MR) is 155 cm³/mol. The Labute approximate surface area is 253 Å². The van der Waals surface area contributed by atoms with Crippen molar-refractivity contribution in [2.24, 2.45) is 5.41 Å². The molecule has 0 radical (unpaired) electrons. The van der Waals surface area contributed by atoms with E-state index in [-0.39, 0.29) is 60.0 Å². The van der Waals surface area contributed by atoms with Crippen LogP contribution < -0.4 is 25.2 Å². The molecule has 1 aliphatic carbocycles.